The number of nitrogen functional groups attached to an aromatic ring is 1. The quantitative estimate of drug-likeness (QED) is 0.472. The van der Waals surface area contributed by atoms with Gasteiger partial charge in [0.05, 0.1) is 11.3 Å². The lowest BCUT2D eigenvalue weighted by molar-refractivity contribution is 0.0956. The molecule has 4 N–H and O–H groups in total. The Balaban J connectivity index is 2.71. The Labute approximate surface area is 125 Å². The average Bonchev–Trinajstić information content (AvgIpc) is 2.38. The SMILES string of the molecule is CN(C)S(=O)(=O)CCNC(=O)c1cc(Br)cnc1NN. The summed E-state index contributed by atoms with van der Waals surface area (Å²) < 4.78 is 24.8. The van der Waals surface area contributed by atoms with Crippen LogP contribution in [0.15, 0.2) is 16.7 Å². The van der Waals surface area contributed by atoms with Crippen LogP contribution in [-0.4, -0.2) is 50.0 Å². The molecule has 0 spiro atoms. The van der Waals surface area contributed by atoms with Crippen LogP contribution < -0.4 is 16.6 Å². The maximum Gasteiger partial charge on any atom is 0.255 e. The third-order valence-corrected chi connectivity index (χ3v) is 4.70. The zero-order valence-electron chi connectivity index (χ0n) is 11.1. The van der Waals surface area contributed by atoms with E-state index in [2.05, 4.69) is 31.7 Å². The second-order valence-corrected chi connectivity index (χ2v) is 7.27. The number of nitrogens with one attached hydrogen (secondary N) is 2. The molecule has 20 heavy (non-hydrogen) atoms. The fraction of sp³-hybridized carbons (Fsp3) is 0.400. The van der Waals surface area contributed by atoms with E-state index in [4.69, 9.17) is 5.84 Å². The molecule has 0 aromatic carbocycles. The monoisotopic (exact) mass is 365 g/mol. The van der Waals surface area contributed by atoms with Gasteiger partial charge in [-0.3, -0.25) is 4.79 Å². The summed E-state index contributed by atoms with van der Waals surface area (Å²) in [5.41, 5.74) is 2.54. The van der Waals surface area contributed by atoms with E-state index in [1.165, 1.54) is 26.4 Å². The molecule has 1 rings (SSSR count). The summed E-state index contributed by atoms with van der Waals surface area (Å²) >= 11 is 3.20. The number of nitrogens with zero attached hydrogens (tertiary/aromatic N) is 2. The van der Waals surface area contributed by atoms with Crippen molar-refractivity contribution in [2.75, 3.05) is 31.8 Å². The number of rotatable bonds is 6. The predicted octanol–water partition coefficient (Wildman–Crippen LogP) is -0.249. The van der Waals surface area contributed by atoms with E-state index in [1.807, 2.05) is 0 Å². The fourth-order valence-corrected chi connectivity index (χ4v) is 2.36. The first-order chi connectivity index (χ1) is 9.27. The number of aromatic nitrogens is 1. The normalized spacial score (nSPS) is 11.4. The van der Waals surface area contributed by atoms with Gasteiger partial charge in [0.15, 0.2) is 5.82 Å². The van der Waals surface area contributed by atoms with Crippen molar-refractivity contribution in [1.82, 2.24) is 14.6 Å². The molecule has 1 heterocycles. The van der Waals surface area contributed by atoms with Gasteiger partial charge in [-0.05, 0) is 22.0 Å². The van der Waals surface area contributed by atoms with Crippen molar-refractivity contribution in [2.45, 2.75) is 0 Å². The van der Waals surface area contributed by atoms with Crippen LogP contribution in [0.2, 0.25) is 0 Å². The molecule has 8 nitrogen and oxygen atoms in total. The molecule has 0 bridgehead atoms. The minimum atomic E-state index is -3.35. The molecule has 0 saturated heterocycles. The van der Waals surface area contributed by atoms with Crippen molar-refractivity contribution in [3.05, 3.63) is 22.3 Å². The number of nitrogens with two attached hydrogens (primary N) is 1. The predicted molar refractivity (Wildman–Crippen MR) is 79.6 cm³/mol. The van der Waals surface area contributed by atoms with Gasteiger partial charge in [-0.1, -0.05) is 0 Å². The van der Waals surface area contributed by atoms with E-state index < -0.39 is 15.9 Å². The standard InChI is InChI=1S/C10H16BrN5O3S/c1-16(2)20(18,19)4-3-13-10(17)8-5-7(11)6-14-9(8)15-12/h5-6H,3-4,12H2,1-2H3,(H,13,17)(H,14,15). The first kappa shape index (κ1) is 16.8. The fourth-order valence-electron chi connectivity index (χ4n) is 1.30. The van der Waals surface area contributed by atoms with Gasteiger partial charge >= 0.3 is 0 Å². The second kappa shape index (κ2) is 6.97. The van der Waals surface area contributed by atoms with E-state index >= 15 is 0 Å². The number of carbonyl (C=O) groups is 1. The number of halogens is 1. The van der Waals surface area contributed by atoms with Gasteiger partial charge < -0.3 is 10.7 Å². The van der Waals surface area contributed by atoms with Crippen LogP contribution in [0.4, 0.5) is 5.82 Å². The number of sulfonamides is 1. The first-order valence-electron chi connectivity index (χ1n) is 5.58. The highest BCUT2D eigenvalue weighted by molar-refractivity contribution is 9.10. The number of hydrazine groups is 1. The molecule has 0 radical (unpaired) electrons. The van der Waals surface area contributed by atoms with Gasteiger partial charge in [0, 0.05) is 31.3 Å². The van der Waals surface area contributed by atoms with Crippen LogP contribution in [0.3, 0.4) is 0 Å². The molecular weight excluding hydrogens is 350 g/mol. The maximum absolute atomic E-state index is 12.0. The number of amides is 1. The van der Waals surface area contributed by atoms with Gasteiger partial charge in [-0.15, -0.1) is 0 Å². The lowest BCUT2D eigenvalue weighted by Crippen LogP contribution is -2.34. The molecule has 0 fully saturated rings. The van der Waals surface area contributed by atoms with E-state index in [0.29, 0.717) is 4.47 Å². The van der Waals surface area contributed by atoms with Crippen LogP contribution in [-0.2, 0) is 10.0 Å². The third-order valence-electron chi connectivity index (χ3n) is 2.44. The van der Waals surface area contributed by atoms with Gasteiger partial charge in [0.1, 0.15) is 0 Å². The number of hydrogen-bond donors (Lipinski definition) is 3. The average molecular weight is 366 g/mol. The Kier molecular flexibility index (Phi) is 5.87. The minimum absolute atomic E-state index is 0.00410. The van der Waals surface area contributed by atoms with Gasteiger partial charge in [0.25, 0.3) is 5.91 Å². The zero-order chi connectivity index (χ0) is 15.3. The van der Waals surface area contributed by atoms with Crippen molar-refractivity contribution in [3.8, 4) is 0 Å². The summed E-state index contributed by atoms with van der Waals surface area (Å²) in [6.45, 7) is -0.00410. The van der Waals surface area contributed by atoms with E-state index in [1.54, 1.807) is 0 Å². The summed E-state index contributed by atoms with van der Waals surface area (Å²) in [5, 5.41) is 2.51. The Morgan fingerprint density at radius 3 is 2.70 bits per heavy atom. The van der Waals surface area contributed by atoms with Crippen LogP contribution in [0.5, 0.6) is 0 Å². The largest absolute Gasteiger partial charge is 0.351 e. The van der Waals surface area contributed by atoms with Crippen LogP contribution >= 0.6 is 15.9 Å². The summed E-state index contributed by atoms with van der Waals surface area (Å²) in [4.78, 5) is 15.9. The smallest absolute Gasteiger partial charge is 0.255 e. The van der Waals surface area contributed by atoms with Crippen molar-refractivity contribution >= 4 is 37.7 Å². The van der Waals surface area contributed by atoms with Gasteiger partial charge in [-0.25, -0.2) is 23.5 Å². The van der Waals surface area contributed by atoms with Crippen LogP contribution in [0, 0.1) is 0 Å². The molecular formula is C10H16BrN5O3S. The van der Waals surface area contributed by atoms with Crippen LogP contribution in [0.1, 0.15) is 10.4 Å². The molecule has 0 unspecified atom stereocenters. The summed E-state index contributed by atoms with van der Waals surface area (Å²) in [6.07, 6.45) is 1.49. The third kappa shape index (κ3) is 4.40. The molecule has 1 amide bonds. The first-order valence-corrected chi connectivity index (χ1v) is 7.98. The summed E-state index contributed by atoms with van der Waals surface area (Å²) in [5.74, 6) is 4.84. The topological polar surface area (TPSA) is 117 Å². The lowest BCUT2D eigenvalue weighted by atomic mass is 10.2. The van der Waals surface area contributed by atoms with Crippen molar-refractivity contribution in [2.24, 2.45) is 5.84 Å². The Morgan fingerprint density at radius 2 is 2.15 bits per heavy atom. The maximum atomic E-state index is 12.0. The minimum Gasteiger partial charge on any atom is -0.351 e. The molecule has 0 aliphatic rings. The molecule has 1 aromatic rings. The van der Waals surface area contributed by atoms with Crippen molar-refractivity contribution in [1.29, 1.82) is 0 Å². The Hall–Kier alpha value is -1.23. The lowest BCUT2D eigenvalue weighted by Gasteiger charge is -2.12. The molecule has 0 aliphatic carbocycles. The Morgan fingerprint density at radius 1 is 1.50 bits per heavy atom. The van der Waals surface area contributed by atoms with Crippen molar-refractivity contribution < 1.29 is 13.2 Å². The highest BCUT2D eigenvalue weighted by atomic mass is 79.9. The van der Waals surface area contributed by atoms with E-state index in [0.717, 1.165) is 4.31 Å². The van der Waals surface area contributed by atoms with E-state index in [9.17, 15) is 13.2 Å². The van der Waals surface area contributed by atoms with Crippen LogP contribution in [0.25, 0.3) is 0 Å². The van der Waals surface area contributed by atoms with Gasteiger partial charge in [0.2, 0.25) is 10.0 Å². The zero-order valence-corrected chi connectivity index (χ0v) is 13.5. The molecule has 0 saturated carbocycles. The Bertz CT molecular complexity index is 591. The second-order valence-electron chi connectivity index (χ2n) is 4.05. The summed E-state index contributed by atoms with van der Waals surface area (Å²) in [6, 6.07) is 1.54. The number of carbonyl (C=O) groups excluding carboxylic acids is 1. The van der Waals surface area contributed by atoms with Crippen molar-refractivity contribution in [3.63, 3.8) is 0 Å². The van der Waals surface area contributed by atoms with E-state index in [-0.39, 0.29) is 23.7 Å². The molecule has 0 atom stereocenters. The number of pyridine rings is 1. The van der Waals surface area contributed by atoms with Gasteiger partial charge in [-0.2, -0.15) is 0 Å². The highest BCUT2D eigenvalue weighted by Gasteiger charge is 2.16. The number of hydrogen-bond acceptors (Lipinski definition) is 6. The molecule has 0 aliphatic heterocycles. The molecule has 112 valence electrons. The molecule has 1 aromatic heterocycles. The summed E-state index contributed by atoms with van der Waals surface area (Å²) in [7, 11) is -0.474. The highest BCUT2D eigenvalue weighted by Crippen LogP contribution is 2.16. The molecule has 10 heteroatoms. The number of anilines is 1.